The van der Waals surface area contributed by atoms with E-state index in [1.807, 2.05) is 0 Å². The molecule has 228 valence electrons. The van der Waals surface area contributed by atoms with E-state index >= 15 is 0 Å². The molecule has 42 heavy (non-hydrogen) atoms. The Labute approximate surface area is 246 Å². The smallest absolute Gasteiger partial charge is 0.360 e. The maximum Gasteiger partial charge on any atom is 0.405 e. The first kappa shape index (κ1) is 32.9. The Kier molecular flexibility index (Phi) is 9.95. The van der Waals surface area contributed by atoms with Crippen LogP contribution in [0.5, 0.6) is 0 Å². The molecular formula is C29H37F3N6O3S. The van der Waals surface area contributed by atoms with E-state index in [1.54, 1.807) is 54.5 Å². The number of aromatic nitrogens is 1. The summed E-state index contributed by atoms with van der Waals surface area (Å²) in [5.41, 5.74) is -0.0742. The normalized spacial score (nSPS) is 17.8. The first-order chi connectivity index (χ1) is 19.5. The number of nitriles is 1. The highest BCUT2D eigenvalue weighted by Gasteiger charge is 2.42. The monoisotopic (exact) mass is 606 g/mol. The average Bonchev–Trinajstić information content (AvgIpc) is 3.22. The summed E-state index contributed by atoms with van der Waals surface area (Å²) >= 11 is 0.819. The number of anilines is 2. The van der Waals surface area contributed by atoms with E-state index in [1.165, 1.54) is 6.20 Å². The van der Waals surface area contributed by atoms with Crippen molar-refractivity contribution in [2.24, 2.45) is 0 Å². The molecule has 13 heteroatoms. The van der Waals surface area contributed by atoms with Crippen LogP contribution < -0.4 is 30.3 Å². The van der Waals surface area contributed by atoms with Crippen molar-refractivity contribution in [2.75, 3.05) is 30.4 Å². The summed E-state index contributed by atoms with van der Waals surface area (Å²) in [4.78, 5) is 42.5. The number of hydrogen-bond donors (Lipinski definition) is 2. The summed E-state index contributed by atoms with van der Waals surface area (Å²) in [7, 11) is 1.71. The summed E-state index contributed by atoms with van der Waals surface area (Å²) in [5, 5.41) is 14.2. The Morgan fingerprint density at radius 3 is 2.40 bits per heavy atom. The van der Waals surface area contributed by atoms with E-state index in [0.29, 0.717) is 11.4 Å². The largest absolute Gasteiger partial charge is 0.405 e. The zero-order chi connectivity index (χ0) is 31.5. The third-order valence-electron chi connectivity index (χ3n) is 7.54. The van der Waals surface area contributed by atoms with Gasteiger partial charge in [0.1, 0.15) is 21.8 Å². The second-order valence-electron chi connectivity index (χ2n) is 11.5. The van der Waals surface area contributed by atoms with Gasteiger partial charge in [0.2, 0.25) is 5.91 Å². The number of piperidine rings is 1. The van der Waals surface area contributed by atoms with Gasteiger partial charge in [-0.2, -0.15) is 18.4 Å². The van der Waals surface area contributed by atoms with Crippen LogP contribution in [0.15, 0.2) is 29.1 Å². The molecule has 2 aromatic rings. The van der Waals surface area contributed by atoms with Gasteiger partial charge in [0.05, 0.1) is 6.54 Å². The van der Waals surface area contributed by atoms with Crippen LogP contribution in [-0.2, 0) is 16.1 Å². The van der Waals surface area contributed by atoms with Gasteiger partial charge in [-0.25, -0.2) is 0 Å². The molecule has 9 nitrogen and oxygen atoms in total. The van der Waals surface area contributed by atoms with Crippen LogP contribution in [-0.4, -0.2) is 58.7 Å². The number of nitrogens with zero attached hydrogens (tertiary/aromatic N) is 4. The number of thiazole rings is 1. The van der Waals surface area contributed by atoms with E-state index < -0.39 is 29.8 Å². The van der Waals surface area contributed by atoms with Gasteiger partial charge in [-0.15, -0.1) is 11.3 Å². The fourth-order valence-electron chi connectivity index (χ4n) is 5.27. The van der Waals surface area contributed by atoms with E-state index in [-0.39, 0.29) is 39.3 Å². The number of hydrogen-bond acceptors (Lipinski definition) is 7. The van der Waals surface area contributed by atoms with Crippen LogP contribution in [0.3, 0.4) is 0 Å². The summed E-state index contributed by atoms with van der Waals surface area (Å²) in [6, 6.07) is 8.70. The van der Waals surface area contributed by atoms with Crippen molar-refractivity contribution in [2.45, 2.75) is 77.7 Å². The van der Waals surface area contributed by atoms with E-state index in [2.05, 4.69) is 37.9 Å². The zero-order valence-electron chi connectivity index (χ0n) is 24.7. The number of rotatable bonds is 8. The van der Waals surface area contributed by atoms with Crippen molar-refractivity contribution >= 4 is 46.3 Å². The molecule has 1 fully saturated rings. The Morgan fingerprint density at radius 2 is 1.83 bits per heavy atom. The van der Waals surface area contributed by atoms with Crippen LogP contribution >= 0.6 is 11.3 Å². The molecule has 0 radical (unpaired) electrons. The van der Waals surface area contributed by atoms with Crippen molar-refractivity contribution in [3.63, 3.8) is 0 Å². The number of amides is 2. The van der Waals surface area contributed by atoms with Crippen LogP contribution in [0.25, 0.3) is 11.8 Å². The van der Waals surface area contributed by atoms with Gasteiger partial charge in [-0.3, -0.25) is 23.9 Å². The minimum Gasteiger partial charge on any atom is -0.360 e. The van der Waals surface area contributed by atoms with Crippen molar-refractivity contribution in [3.05, 3.63) is 43.8 Å². The van der Waals surface area contributed by atoms with Gasteiger partial charge in [0.25, 0.3) is 11.5 Å². The highest BCUT2D eigenvalue weighted by atomic mass is 32.1. The van der Waals surface area contributed by atoms with E-state index in [0.717, 1.165) is 35.2 Å². The molecule has 0 bridgehead atoms. The maximum absolute atomic E-state index is 13.3. The number of nitrogens with one attached hydrogen (secondary N) is 2. The van der Waals surface area contributed by atoms with Crippen molar-refractivity contribution < 1.29 is 22.8 Å². The second-order valence-corrected chi connectivity index (χ2v) is 12.5. The molecule has 0 unspecified atom stereocenters. The Balaban J connectivity index is 1.86. The van der Waals surface area contributed by atoms with Gasteiger partial charge in [0, 0.05) is 42.2 Å². The molecular weight excluding hydrogens is 569 g/mol. The number of carbonyl (C=O) groups is 2. The Hall–Kier alpha value is -3.63. The number of likely N-dealkylation sites (tertiary alicyclic amines) is 1. The quantitative estimate of drug-likeness (QED) is 0.478. The van der Waals surface area contributed by atoms with Crippen molar-refractivity contribution in [1.82, 2.24) is 14.8 Å². The topological polar surface area (TPSA) is 110 Å². The highest BCUT2D eigenvalue weighted by Crippen LogP contribution is 2.38. The predicted octanol–water partition coefficient (Wildman–Crippen LogP) is 3.14. The Morgan fingerprint density at radius 1 is 1.19 bits per heavy atom. The second kappa shape index (κ2) is 12.7. The lowest BCUT2D eigenvalue weighted by atomic mass is 9.80. The SMILES string of the molecule is CCn1c(=C(C#N)C(=O)NCC(F)(F)F)sc(=CNc2cccc(N(C)C(=O)CN3C(C)(C)CCCC3(C)C)c2)c1=O. The fourth-order valence-corrected chi connectivity index (χ4v) is 6.35. The first-order valence-corrected chi connectivity index (χ1v) is 14.4. The molecule has 1 aliphatic rings. The lowest BCUT2D eigenvalue weighted by molar-refractivity contribution is -0.135. The molecule has 1 saturated heterocycles. The lowest BCUT2D eigenvalue weighted by Gasteiger charge is -2.52. The zero-order valence-corrected chi connectivity index (χ0v) is 25.5. The van der Waals surface area contributed by atoms with Gasteiger partial charge in [0.15, 0.2) is 5.57 Å². The molecule has 2 heterocycles. The number of likely N-dealkylation sites (N-methyl/N-ethyl adjacent to an activating group) is 1. The molecule has 2 N–H and O–H groups in total. The van der Waals surface area contributed by atoms with Crippen molar-refractivity contribution in [1.29, 1.82) is 5.26 Å². The molecule has 1 aliphatic heterocycles. The van der Waals surface area contributed by atoms with Crippen LogP contribution in [0.2, 0.25) is 0 Å². The van der Waals surface area contributed by atoms with Gasteiger partial charge in [-0.1, -0.05) is 6.07 Å². The third-order valence-corrected chi connectivity index (χ3v) is 8.67. The Bertz CT molecular complexity index is 1540. The van der Waals surface area contributed by atoms with E-state index in [9.17, 15) is 32.8 Å². The predicted molar refractivity (Wildman–Crippen MR) is 158 cm³/mol. The van der Waals surface area contributed by atoms with Crippen LogP contribution in [0.4, 0.5) is 24.5 Å². The molecule has 0 aliphatic carbocycles. The summed E-state index contributed by atoms with van der Waals surface area (Å²) in [6.07, 6.45) is -0.101. The molecule has 1 aromatic carbocycles. The minimum atomic E-state index is -4.65. The third kappa shape index (κ3) is 7.60. The van der Waals surface area contributed by atoms with Crippen LogP contribution in [0.1, 0.15) is 53.9 Å². The molecule has 0 saturated carbocycles. The molecule has 3 rings (SSSR count). The van der Waals surface area contributed by atoms with Gasteiger partial charge >= 0.3 is 6.18 Å². The fraction of sp³-hybridized carbons (Fsp3) is 0.517. The molecule has 0 atom stereocenters. The maximum atomic E-state index is 13.3. The molecule has 2 amide bonds. The van der Waals surface area contributed by atoms with Gasteiger partial charge in [-0.05, 0) is 72.1 Å². The molecule has 1 aromatic heterocycles. The molecule has 0 spiro atoms. The van der Waals surface area contributed by atoms with E-state index in [4.69, 9.17) is 0 Å². The first-order valence-electron chi connectivity index (χ1n) is 13.6. The van der Waals surface area contributed by atoms with Crippen molar-refractivity contribution in [3.8, 4) is 6.07 Å². The minimum absolute atomic E-state index is 0.0413. The standard InChI is InChI=1S/C29H37F3N6O3S/c1-7-37-25(41)22(42-26(37)21(15-33)24(40)35-18-29(30,31)32)16-34-19-10-8-11-20(14-19)36(6)23(39)17-38-27(2,3)12-9-13-28(38,4)5/h8,10-11,14,16,34H,7,9,12-13,17-18H2,1-6H3,(H,35,40). The summed E-state index contributed by atoms with van der Waals surface area (Å²) in [5.74, 6) is -1.27. The average molecular weight is 607 g/mol. The van der Waals surface area contributed by atoms with Gasteiger partial charge < -0.3 is 15.5 Å². The number of alkyl halides is 3. The highest BCUT2D eigenvalue weighted by molar-refractivity contribution is 7.07. The summed E-state index contributed by atoms with van der Waals surface area (Å²) in [6.45, 7) is 9.05. The summed E-state index contributed by atoms with van der Waals surface area (Å²) < 4.78 is 38.9. The number of halogens is 3. The number of carbonyl (C=O) groups excluding carboxylic acids is 2. The lowest BCUT2D eigenvalue weighted by Crippen LogP contribution is -2.61. The number of benzene rings is 1. The van der Waals surface area contributed by atoms with Crippen LogP contribution in [0, 0.1) is 11.3 Å².